The summed E-state index contributed by atoms with van der Waals surface area (Å²) in [5.41, 5.74) is 1.24. The largest absolute Gasteiger partial charge is 0.496 e. The van der Waals surface area contributed by atoms with Gasteiger partial charge in [-0.2, -0.15) is 0 Å². The van der Waals surface area contributed by atoms with E-state index < -0.39 is 5.60 Å². The molecule has 3 nitrogen and oxygen atoms in total. The molecule has 2 unspecified atom stereocenters. The standard InChI is InChI=1S/C16H22O3/c1-6-11-8-15(16(3,4)17)19-14-7-10(2)13(18-5)9-12(11)14/h6-7,9,11,15,17H,1,8H2,2-5H3. The fourth-order valence-corrected chi connectivity index (χ4v) is 2.50. The summed E-state index contributed by atoms with van der Waals surface area (Å²) in [6.45, 7) is 9.44. The molecular weight excluding hydrogens is 240 g/mol. The molecule has 1 aromatic carbocycles. The van der Waals surface area contributed by atoms with Gasteiger partial charge in [-0.1, -0.05) is 6.08 Å². The quantitative estimate of drug-likeness (QED) is 0.850. The van der Waals surface area contributed by atoms with Crippen molar-refractivity contribution >= 4 is 0 Å². The number of aryl methyl sites for hydroxylation is 1. The highest BCUT2D eigenvalue weighted by Crippen LogP contribution is 2.42. The topological polar surface area (TPSA) is 38.7 Å². The minimum Gasteiger partial charge on any atom is -0.496 e. The lowest BCUT2D eigenvalue weighted by molar-refractivity contribution is -0.0448. The van der Waals surface area contributed by atoms with Crippen LogP contribution in [0.25, 0.3) is 0 Å². The van der Waals surface area contributed by atoms with Crippen LogP contribution in [-0.4, -0.2) is 23.9 Å². The van der Waals surface area contributed by atoms with Crippen LogP contribution in [0.3, 0.4) is 0 Å². The Bertz CT molecular complexity index is 486. The van der Waals surface area contributed by atoms with E-state index in [9.17, 15) is 5.11 Å². The van der Waals surface area contributed by atoms with Gasteiger partial charge in [0.2, 0.25) is 0 Å². The number of methoxy groups -OCH3 is 1. The van der Waals surface area contributed by atoms with E-state index in [1.54, 1.807) is 21.0 Å². The van der Waals surface area contributed by atoms with E-state index in [0.717, 1.165) is 29.0 Å². The first-order chi connectivity index (χ1) is 8.86. The molecule has 0 radical (unpaired) electrons. The molecule has 1 aliphatic heterocycles. The van der Waals surface area contributed by atoms with Crippen molar-refractivity contribution in [3.8, 4) is 11.5 Å². The SMILES string of the molecule is C=CC1CC(C(C)(C)O)Oc2cc(C)c(OC)cc21. The number of aliphatic hydroxyl groups is 1. The van der Waals surface area contributed by atoms with E-state index in [1.165, 1.54) is 0 Å². The van der Waals surface area contributed by atoms with Crippen LogP contribution < -0.4 is 9.47 Å². The number of hydrogen-bond acceptors (Lipinski definition) is 3. The highest BCUT2D eigenvalue weighted by atomic mass is 16.5. The van der Waals surface area contributed by atoms with Gasteiger partial charge in [-0.3, -0.25) is 0 Å². The Morgan fingerprint density at radius 3 is 2.68 bits per heavy atom. The average molecular weight is 262 g/mol. The third-order valence-corrected chi connectivity index (χ3v) is 3.74. The zero-order valence-corrected chi connectivity index (χ0v) is 12.1. The van der Waals surface area contributed by atoms with Crippen LogP contribution in [0.15, 0.2) is 24.8 Å². The van der Waals surface area contributed by atoms with Crippen LogP contribution in [0.2, 0.25) is 0 Å². The summed E-state index contributed by atoms with van der Waals surface area (Å²) in [7, 11) is 1.67. The van der Waals surface area contributed by atoms with Crippen molar-refractivity contribution in [2.24, 2.45) is 0 Å². The van der Waals surface area contributed by atoms with E-state index >= 15 is 0 Å². The molecular formula is C16H22O3. The molecule has 0 aliphatic carbocycles. The van der Waals surface area contributed by atoms with E-state index in [1.807, 2.05) is 25.1 Å². The monoisotopic (exact) mass is 262 g/mol. The molecule has 3 heteroatoms. The van der Waals surface area contributed by atoms with Crippen molar-refractivity contribution in [3.63, 3.8) is 0 Å². The van der Waals surface area contributed by atoms with Gasteiger partial charge < -0.3 is 14.6 Å². The lowest BCUT2D eigenvalue weighted by Gasteiger charge is -2.37. The van der Waals surface area contributed by atoms with Crippen molar-refractivity contribution in [2.75, 3.05) is 7.11 Å². The minimum absolute atomic E-state index is 0.176. The summed E-state index contributed by atoms with van der Waals surface area (Å²) < 4.78 is 11.3. The maximum Gasteiger partial charge on any atom is 0.128 e. The summed E-state index contributed by atoms with van der Waals surface area (Å²) in [5, 5.41) is 10.2. The van der Waals surface area contributed by atoms with E-state index in [4.69, 9.17) is 9.47 Å². The highest BCUT2D eigenvalue weighted by molar-refractivity contribution is 5.49. The Balaban J connectivity index is 2.46. The smallest absolute Gasteiger partial charge is 0.128 e. The van der Waals surface area contributed by atoms with Crippen molar-refractivity contribution in [2.45, 2.75) is 44.8 Å². The second kappa shape index (κ2) is 4.89. The molecule has 0 saturated carbocycles. The molecule has 2 atom stereocenters. The molecule has 1 N–H and O–H groups in total. The molecule has 1 heterocycles. The molecule has 0 spiro atoms. The molecule has 0 saturated heterocycles. The predicted molar refractivity (Wildman–Crippen MR) is 76.0 cm³/mol. The lowest BCUT2D eigenvalue weighted by Crippen LogP contribution is -2.43. The van der Waals surface area contributed by atoms with Crippen LogP contribution in [0, 0.1) is 6.92 Å². The molecule has 0 fully saturated rings. The summed E-state index contributed by atoms with van der Waals surface area (Å²) in [6.07, 6.45) is 2.41. The first kappa shape index (κ1) is 13.9. The van der Waals surface area contributed by atoms with Gasteiger partial charge in [0, 0.05) is 11.5 Å². The molecule has 1 aliphatic rings. The fourth-order valence-electron chi connectivity index (χ4n) is 2.50. The van der Waals surface area contributed by atoms with Gasteiger partial charge in [0.15, 0.2) is 0 Å². The highest BCUT2D eigenvalue weighted by Gasteiger charge is 2.36. The Hall–Kier alpha value is -1.48. The van der Waals surface area contributed by atoms with Crippen LogP contribution in [0.5, 0.6) is 11.5 Å². The molecule has 0 bridgehead atoms. The second-order valence-electron chi connectivity index (χ2n) is 5.70. The number of rotatable bonds is 3. The Morgan fingerprint density at radius 2 is 2.16 bits per heavy atom. The van der Waals surface area contributed by atoms with Crippen molar-refractivity contribution in [1.29, 1.82) is 0 Å². The van der Waals surface area contributed by atoms with Crippen LogP contribution in [0.4, 0.5) is 0 Å². The summed E-state index contributed by atoms with van der Waals surface area (Å²) in [5.74, 6) is 1.85. The van der Waals surface area contributed by atoms with E-state index in [0.29, 0.717) is 0 Å². The Kier molecular flexibility index (Phi) is 3.59. The fraction of sp³-hybridized carbons (Fsp3) is 0.500. The van der Waals surface area contributed by atoms with Gasteiger partial charge in [-0.05, 0) is 44.9 Å². The van der Waals surface area contributed by atoms with Crippen LogP contribution >= 0.6 is 0 Å². The molecule has 1 aromatic rings. The first-order valence-corrected chi connectivity index (χ1v) is 6.57. The number of fused-ring (bicyclic) bond motifs is 1. The maximum atomic E-state index is 10.2. The zero-order valence-electron chi connectivity index (χ0n) is 12.1. The normalized spacial score (nSPS) is 22.4. The van der Waals surface area contributed by atoms with Crippen LogP contribution in [0.1, 0.15) is 37.3 Å². The number of benzene rings is 1. The van der Waals surface area contributed by atoms with E-state index in [-0.39, 0.29) is 12.0 Å². The van der Waals surface area contributed by atoms with Gasteiger partial charge >= 0.3 is 0 Å². The van der Waals surface area contributed by atoms with Gasteiger partial charge in [-0.25, -0.2) is 0 Å². The lowest BCUT2D eigenvalue weighted by atomic mass is 9.84. The van der Waals surface area contributed by atoms with Gasteiger partial charge in [0.1, 0.15) is 17.6 Å². The Morgan fingerprint density at radius 1 is 1.47 bits per heavy atom. The Labute approximate surface area is 114 Å². The number of allylic oxidation sites excluding steroid dienone is 1. The summed E-state index contributed by atoms with van der Waals surface area (Å²) >= 11 is 0. The maximum absolute atomic E-state index is 10.2. The first-order valence-electron chi connectivity index (χ1n) is 6.57. The van der Waals surface area contributed by atoms with Crippen molar-refractivity contribution < 1.29 is 14.6 Å². The third kappa shape index (κ3) is 2.61. The average Bonchev–Trinajstić information content (AvgIpc) is 2.35. The molecule has 2 rings (SSSR count). The number of hydrogen-bond donors (Lipinski definition) is 1. The van der Waals surface area contributed by atoms with Gasteiger partial charge in [0.05, 0.1) is 12.7 Å². The van der Waals surface area contributed by atoms with Gasteiger partial charge in [-0.15, -0.1) is 6.58 Å². The van der Waals surface area contributed by atoms with Gasteiger partial charge in [0.25, 0.3) is 0 Å². The molecule has 104 valence electrons. The van der Waals surface area contributed by atoms with Crippen molar-refractivity contribution in [1.82, 2.24) is 0 Å². The molecule has 19 heavy (non-hydrogen) atoms. The summed E-state index contributed by atoms with van der Waals surface area (Å²) in [4.78, 5) is 0. The predicted octanol–water partition coefficient (Wildman–Crippen LogP) is 3.20. The minimum atomic E-state index is -0.868. The number of ether oxygens (including phenoxy) is 2. The van der Waals surface area contributed by atoms with E-state index in [2.05, 4.69) is 6.58 Å². The summed E-state index contributed by atoms with van der Waals surface area (Å²) in [6, 6.07) is 3.99. The third-order valence-electron chi connectivity index (χ3n) is 3.74. The molecule has 0 amide bonds. The molecule has 0 aromatic heterocycles. The zero-order chi connectivity index (χ0) is 14.2. The van der Waals surface area contributed by atoms with Crippen LogP contribution in [-0.2, 0) is 0 Å². The van der Waals surface area contributed by atoms with Crippen molar-refractivity contribution in [3.05, 3.63) is 35.9 Å². The second-order valence-corrected chi connectivity index (χ2v) is 5.70.